The van der Waals surface area contributed by atoms with Gasteiger partial charge in [-0.1, -0.05) is 39.0 Å². The minimum Gasteiger partial charge on any atom is -0.462 e. The van der Waals surface area contributed by atoms with E-state index >= 15 is 0 Å². The van der Waals surface area contributed by atoms with Crippen molar-refractivity contribution in [2.24, 2.45) is 46.3 Å². The second-order valence-electron chi connectivity index (χ2n) is 14.9. The molecule has 2 aromatic rings. The lowest BCUT2D eigenvalue weighted by molar-refractivity contribution is -0.832. The number of aliphatic hydroxyl groups is 2. The summed E-state index contributed by atoms with van der Waals surface area (Å²) in [7, 11) is -4.23. The Labute approximate surface area is 271 Å². The van der Waals surface area contributed by atoms with Gasteiger partial charge in [0.05, 0.1) is 22.3 Å². The van der Waals surface area contributed by atoms with Crippen LogP contribution >= 0.6 is 0 Å². The van der Waals surface area contributed by atoms with E-state index in [1.54, 1.807) is 6.07 Å². The highest BCUT2D eigenvalue weighted by Crippen LogP contribution is 2.68. The number of esters is 1. The zero-order chi connectivity index (χ0) is 32.9. The van der Waals surface area contributed by atoms with E-state index in [-0.39, 0.29) is 58.4 Å². The topological polar surface area (TPSA) is 163 Å². The van der Waals surface area contributed by atoms with Crippen molar-refractivity contribution in [1.29, 1.82) is 0 Å². The number of hydrogen-bond acceptors (Lipinski definition) is 10. The quantitative estimate of drug-likeness (QED) is 0.211. The number of carbonyl (C=O) groups excluding carboxylic acids is 1. The third-order valence-corrected chi connectivity index (χ3v) is 14.4. The smallest absolute Gasteiger partial charge is 0.415 e. The fourth-order valence-electron chi connectivity index (χ4n) is 10.3. The highest BCUT2D eigenvalue weighted by atomic mass is 32.2. The first-order valence-electron chi connectivity index (χ1n) is 16.9. The lowest BCUT2D eigenvalue weighted by Gasteiger charge is -2.62. The van der Waals surface area contributed by atoms with Gasteiger partial charge in [-0.05, 0) is 121 Å². The lowest BCUT2D eigenvalue weighted by Crippen LogP contribution is -2.58. The molecule has 12 heteroatoms. The highest BCUT2D eigenvalue weighted by Gasteiger charge is 2.62. The van der Waals surface area contributed by atoms with Crippen LogP contribution in [0.25, 0.3) is 0 Å². The molecule has 4 saturated carbocycles. The zero-order valence-electron chi connectivity index (χ0n) is 27.0. The maximum Gasteiger partial charge on any atom is 0.415 e. The summed E-state index contributed by atoms with van der Waals surface area (Å²) in [6.45, 7) is 6.75. The van der Waals surface area contributed by atoms with E-state index in [0.717, 1.165) is 51.4 Å². The molecule has 4 aliphatic carbocycles. The molecule has 0 spiro atoms. The van der Waals surface area contributed by atoms with E-state index in [4.69, 9.17) is 9.47 Å². The minimum absolute atomic E-state index is 0.105. The average molecular weight is 661 g/mol. The monoisotopic (exact) mass is 660 g/mol. The Morgan fingerprint density at radius 2 is 1.78 bits per heavy atom. The summed E-state index contributed by atoms with van der Waals surface area (Å²) in [6, 6.07) is 7.42. The fourth-order valence-corrected chi connectivity index (χ4v) is 11.6. The molecule has 0 saturated heterocycles. The number of sulfone groups is 1. The average Bonchev–Trinajstić information content (AvgIpc) is 3.59. The van der Waals surface area contributed by atoms with E-state index in [0.29, 0.717) is 41.9 Å². The number of nitrogens with zero attached hydrogens (tertiary/aromatic N) is 2. The van der Waals surface area contributed by atoms with Crippen LogP contribution in [0.15, 0.2) is 44.9 Å². The molecule has 0 radical (unpaired) electrons. The number of aliphatic hydroxyl groups excluding tert-OH is 2. The molecule has 11 nitrogen and oxygen atoms in total. The second-order valence-corrected chi connectivity index (χ2v) is 16.8. The van der Waals surface area contributed by atoms with Gasteiger partial charge < -0.3 is 24.9 Å². The molecule has 2 N–H and O–H groups in total. The first kappa shape index (κ1) is 33.2. The van der Waals surface area contributed by atoms with Gasteiger partial charge in [-0.15, -0.1) is 0 Å². The Hall–Kier alpha value is -2.70. The first-order valence-corrected chi connectivity index (χ1v) is 18.4. The summed E-state index contributed by atoms with van der Waals surface area (Å²) < 4.78 is 41.0. The van der Waals surface area contributed by atoms with Gasteiger partial charge in [0.25, 0.3) is 9.84 Å². The maximum absolute atomic E-state index is 12.9. The van der Waals surface area contributed by atoms with E-state index < -0.39 is 20.7 Å². The fraction of sp³-hybridized carbons (Fsp3) is 0.735. The summed E-state index contributed by atoms with van der Waals surface area (Å²) in [5.41, 5.74) is 0.327. The van der Waals surface area contributed by atoms with Crippen molar-refractivity contribution < 1.29 is 42.4 Å². The number of fused-ring (bicyclic) bond motifs is 5. The van der Waals surface area contributed by atoms with Crippen LogP contribution < -0.4 is 9.64 Å². The molecule has 1 aromatic carbocycles. The van der Waals surface area contributed by atoms with E-state index in [9.17, 15) is 28.6 Å². The van der Waals surface area contributed by atoms with Gasteiger partial charge in [-0.2, -0.15) is 0 Å². The normalized spacial score (nSPS) is 36.2. The van der Waals surface area contributed by atoms with Crippen LogP contribution in [0.1, 0.15) is 85.0 Å². The van der Waals surface area contributed by atoms with E-state index in [2.05, 4.69) is 30.6 Å². The van der Waals surface area contributed by atoms with Gasteiger partial charge in [0.15, 0.2) is 0 Å². The van der Waals surface area contributed by atoms with Crippen LogP contribution in [0.4, 0.5) is 0 Å². The number of rotatable bonds is 10. The molecule has 0 bridgehead atoms. The number of ether oxygens (including phenoxy) is 2. The van der Waals surface area contributed by atoms with Crippen LogP contribution in [0, 0.1) is 51.5 Å². The predicted octanol–water partition coefficient (Wildman–Crippen LogP) is 4.47. The van der Waals surface area contributed by atoms with Crippen LogP contribution in [0.3, 0.4) is 0 Å². The summed E-state index contributed by atoms with van der Waals surface area (Å²) >= 11 is 0. The van der Waals surface area contributed by atoms with Gasteiger partial charge in [0, 0.05) is 6.42 Å². The Morgan fingerprint density at radius 1 is 1.07 bits per heavy atom. The molecule has 4 aliphatic rings. The maximum atomic E-state index is 12.9. The molecule has 46 heavy (non-hydrogen) atoms. The SMILES string of the molecule is C[C@H](CCC(=O)OCCOc1no[n+]([O-])c1S(=O)(=O)c1ccccc1)[C@H]1CC[C@H]2C3[C@@H](O)C[C@@H]4C[C@H](O)CC[C@]4(C)[C@H]3CC[C@]12C. The highest BCUT2D eigenvalue weighted by molar-refractivity contribution is 7.91. The van der Waals surface area contributed by atoms with Gasteiger partial charge >= 0.3 is 16.9 Å². The summed E-state index contributed by atoms with van der Waals surface area (Å²) in [6.07, 6.45) is 8.42. The third-order valence-electron chi connectivity index (χ3n) is 12.7. The van der Waals surface area contributed by atoms with Gasteiger partial charge in [-0.3, -0.25) is 9.42 Å². The van der Waals surface area contributed by atoms with Crippen molar-refractivity contribution in [3.05, 3.63) is 35.5 Å². The summed E-state index contributed by atoms with van der Waals surface area (Å²) in [4.78, 5) is 12.3. The van der Waals surface area contributed by atoms with Crippen LogP contribution in [0.2, 0.25) is 0 Å². The van der Waals surface area contributed by atoms with E-state index in [1.807, 2.05) is 0 Å². The minimum atomic E-state index is -4.23. The molecular weight excluding hydrogens is 612 g/mol. The largest absolute Gasteiger partial charge is 0.462 e. The van der Waals surface area contributed by atoms with Gasteiger partial charge in [-0.25, -0.2) is 8.42 Å². The van der Waals surface area contributed by atoms with Gasteiger partial charge in [0.1, 0.15) is 13.2 Å². The molecule has 10 atom stereocenters. The molecule has 4 fully saturated rings. The summed E-state index contributed by atoms with van der Waals surface area (Å²) in [5, 5.41) is 36.6. The van der Waals surface area contributed by atoms with Crippen molar-refractivity contribution in [3.63, 3.8) is 0 Å². The lowest BCUT2D eigenvalue weighted by atomic mass is 9.43. The van der Waals surface area contributed by atoms with Crippen molar-refractivity contribution in [2.45, 2.75) is 107 Å². The first-order chi connectivity index (χ1) is 21.9. The standard InChI is InChI=1S/C34H48N2O9S/c1-21(9-12-29(39)43-17-18-44-31-32(36(40)45-35-31)46(41,42)24-7-5-4-6-8-24)25-10-11-26-30-27(14-16-34(25,26)3)33(2)15-13-23(37)19-22(33)20-28(30)38/h4-8,21-23,25-28,30,37-38H,9-20H2,1-3H3/t21-,22+,23-,25-,26+,27+,28+,30?,33+,34-/m1/s1. The molecule has 0 aliphatic heterocycles. The van der Waals surface area contributed by atoms with Gasteiger partial charge in [0.2, 0.25) is 0 Å². The molecule has 254 valence electrons. The molecule has 0 amide bonds. The number of carbonyl (C=O) groups is 1. The third kappa shape index (κ3) is 5.83. The van der Waals surface area contributed by atoms with Crippen molar-refractivity contribution >= 4 is 15.8 Å². The Morgan fingerprint density at radius 3 is 2.54 bits per heavy atom. The van der Waals surface area contributed by atoms with Crippen LogP contribution in [-0.4, -0.2) is 55.2 Å². The Kier molecular flexibility index (Phi) is 9.19. The van der Waals surface area contributed by atoms with Crippen molar-refractivity contribution in [3.8, 4) is 5.88 Å². The van der Waals surface area contributed by atoms with Crippen molar-refractivity contribution in [1.82, 2.24) is 5.16 Å². The molecule has 1 unspecified atom stereocenters. The molecular formula is C34H48N2O9S. The molecule has 6 rings (SSSR count). The van der Waals surface area contributed by atoms with Crippen LogP contribution in [0.5, 0.6) is 5.88 Å². The molecule has 1 heterocycles. The number of aromatic nitrogens is 2. The number of hydrogen-bond donors (Lipinski definition) is 2. The summed E-state index contributed by atoms with van der Waals surface area (Å²) in [5.74, 6) is 1.61. The van der Waals surface area contributed by atoms with Crippen molar-refractivity contribution in [2.75, 3.05) is 13.2 Å². The zero-order valence-corrected chi connectivity index (χ0v) is 27.9. The van der Waals surface area contributed by atoms with E-state index in [1.165, 1.54) is 24.3 Å². The number of benzene rings is 1. The van der Waals surface area contributed by atoms with Crippen LogP contribution in [-0.2, 0) is 19.4 Å². The Balaban J connectivity index is 0.997. The second kappa shape index (κ2) is 12.7. The molecule has 1 aromatic heterocycles. The predicted molar refractivity (Wildman–Crippen MR) is 165 cm³/mol. The Bertz CT molecular complexity index is 1500.